The van der Waals surface area contributed by atoms with E-state index < -0.39 is 5.60 Å². The van der Waals surface area contributed by atoms with Gasteiger partial charge in [-0.3, -0.25) is 14.3 Å². The summed E-state index contributed by atoms with van der Waals surface area (Å²) >= 11 is 0. The molecule has 26 heavy (non-hydrogen) atoms. The maximum atomic E-state index is 12.5. The Kier molecular flexibility index (Phi) is 4.23. The lowest BCUT2D eigenvalue weighted by Gasteiger charge is -2.48. The van der Waals surface area contributed by atoms with Gasteiger partial charge in [0.15, 0.2) is 0 Å². The Morgan fingerprint density at radius 1 is 1.46 bits per heavy atom. The molecule has 0 spiro atoms. The maximum Gasteiger partial charge on any atom is 0.272 e. The fraction of sp³-hybridized carbons (Fsp3) is 0.529. The van der Waals surface area contributed by atoms with Crippen molar-refractivity contribution in [3.05, 3.63) is 36.2 Å². The molecule has 2 N–H and O–H groups in total. The molecule has 9 heteroatoms. The summed E-state index contributed by atoms with van der Waals surface area (Å²) in [5, 5.41) is 7.25. The Balaban J connectivity index is 1.30. The minimum absolute atomic E-state index is 0.0345. The number of ether oxygens (including phenoxy) is 1. The summed E-state index contributed by atoms with van der Waals surface area (Å²) in [6.45, 7) is 2.05. The summed E-state index contributed by atoms with van der Waals surface area (Å²) in [5.41, 5.74) is 1.03. The highest BCUT2D eigenvalue weighted by Gasteiger charge is 2.46. The highest BCUT2D eigenvalue weighted by Crippen LogP contribution is 2.26. The number of methoxy groups -OCH3 is 1. The Morgan fingerprint density at radius 2 is 2.31 bits per heavy atom. The van der Waals surface area contributed by atoms with Crippen LogP contribution in [0.3, 0.4) is 0 Å². The first-order valence-corrected chi connectivity index (χ1v) is 8.71. The van der Waals surface area contributed by atoms with Crippen LogP contribution in [-0.4, -0.2) is 68.8 Å². The fourth-order valence-electron chi connectivity index (χ4n) is 3.63. The minimum Gasteiger partial charge on any atom is -0.373 e. The molecule has 4 rings (SSSR count). The van der Waals surface area contributed by atoms with Crippen LogP contribution in [0, 0.1) is 5.92 Å². The SMILES string of the molecule is COC1(CNC(=O)C2CCn3nccc3C2)CN(C(=O)c2cnc[nH]2)C1. The van der Waals surface area contributed by atoms with Crippen molar-refractivity contribution in [2.75, 3.05) is 26.7 Å². The van der Waals surface area contributed by atoms with Gasteiger partial charge < -0.3 is 19.9 Å². The summed E-state index contributed by atoms with van der Waals surface area (Å²) in [6, 6.07) is 1.96. The molecule has 2 aliphatic rings. The van der Waals surface area contributed by atoms with E-state index in [1.807, 2.05) is 10.7 Å². The van der Waals surface area contributed by atoms with Crippen LogP contribution in [0.2, 0.25) is 0 Å². The Hall–Kier alpha value is -2.68. The smallest absolute Gasteiger partial charge is 0.272 e. The molecule has 2 aromatic rings. The van der Waals surface area contributed by atoms with Crippen molar-refractivity contribution < 1.29 is 14.3 Å². The van der Waals surface area contributed by atoms with Crippen LogP contribution in [0.25, 0.3) is 0 Å². The van der Waals surface area contributed by atoms with Crippen LogP contribution in [0.1, 0.15) is 22.6 Å². The topological polar surface area (TPSA) is 105 Å². The summed E-state index contributed by atoms with van der Waals surface area (Å²) in [4.78, 5) is 33.2. The average molecular weight is 358 g/mol. The molecule has 2 aliphatic heterocycles. The zero-order valence-electron chi connectivity index (χ0n) is 14.6. The molecular weight excluding hydrogens is 336 g/mol. The van der Waals surface area contributed by atoms with E-state index in [1.54, 1.807) is 18.2 Å². The number of likely N-dealkylation sites (tertiary alicyclic amines) is 1. The number of rotatable bonds is 5. The Bertz CT molecular complexity index is 793. The predicted octanol–water partition coefficient (Wildman–Crippen LogP) is -0.174. The number of aromatic nitrogens is 4. The molecule has 9 nitrogen and oxygen atoms in total. The molecule has 1 unspecified atom stereocenters. The number of nitrogens with one attached hydrogen (secondary N) is 2. The third-order valence-electron chi connectivity index (χ3n) is 5.31. The van der Waals surface area contributed by atoms with Crippen molar-refractivity contribution in [1.82, 2.24) is 30.0 Å². The largest absolute Gasteiger partial charge is 0.373 e. The molecule has 1 fully saturated rings. The van der Waals surface area contributed by atoms with Crippen molar-refractivity contribution >= 4 is 11.8 Å². The molecule has 0 aromatic carbocycles. The second-order valence-corrected chi connectivity index (χ2v) is 6.97. The standard InChI is InChI=1S/C17H22N6O3/c1-26-17(9-22(10-17)16(25)14-7-18-11-20-14)8-19-15(24)12-3-5-23-13(6-12)2-4-21-23/h2,4,7,11-12H,3,5-6,8-10H2,1H3,(H,18,20)(H,19,24). The number of aryl methyl sites for hydroxylation is 1. The van der Waals surface area contributed by atoms with Gasteiger partial charge in [0.25, 0.3) is 5.91 Å². The third kappa shape index (κ3) is 2.98. The van der Waals surface area contributed by atoms with Gasteiger partial charge in [-0.2, -0.15) is 5.10 Å². The number of hydrogen-bond acceptors (Lipinski definition) is 5. The molecule has 0 radical (unpaired) electrons. The number of hydrogen-bond donors (Lipinski definition) is 2. The lowest BCUT2D eigenvalue weighted by molar-refractivity contribution is -0.132. The predicted molar refractivity (Wildman–Crippen MR) is 91.3 cm³/mol. The summed E-state index contributed by atoms with van der Waals surface area (Å²) in [5.74, 6) is -0.120. The fourth-order valence-corrected chi connectivity index (χ4v) is 3.63. The lowest BCUT2D eigenvalue weighted by Crippen LogP contribution is -2.68. The third-order valence-corrected chi connectivity index (χ3v) is 5.31. The molecule has 0 aliphatic carbocycles. The van der Waals surface area contributed by atoms with E-state index >= 15 is 0 Å². The zero-order valence-corrected chi connectivity index (χ0v) is 14.6. The number of aromatic amines is 1. The number of carbonyl (C=O) groups excluding carboxylic acids is 2. The van der Waals surface area contributed by atoms with Crippen LogP contribution < -0.4 is 5.32 Å². The molecule has 2 amide bonds. The normalized spacial score (nSPS) is 21.0. The van der Waals surface area contributed by atoms with Crippen molar-refractivity contribution in [3.8, 4) is 0 Å². The molecule has 1 saturated heterocycles. The van der Waals surface area contributed by atoms with Gasteiger partial charge >= 0.3 is 0 Å². The second kappa shape index (κ2) is 6.56. The first kappa shape index (κ1) is 16.8. The van der Waals surface area contributed by atoms with E-state index in [1.165, 1.54) is 12.5 Å². The molecule has 0 bridgehead atoms. The highest BCUT2D eigenvalue weighted by molar-refractivity contribution is 5.92. The van der Waals surface area contributed by atoms with E-state index in [0.29, 0.717) is 31.7 Å². The van der Waals surface area contributed by atoms with Gasteiger partial charge in [-0.25, -0.2) is 4.98 Å². The number of carbonyl (C=O) groups is 2. The van der Waals surface area contributed by atoms with Crippen LogP contribution in [0.4, 0.5) is 0 Å². The maximum absolute atomic E-state index is 12.5. The quantitative estimate of drug-likeness (QED) is 0.772. The monoisotopic (exact) mass is 358 g/mol. The van der Waals surface area contributed by atoms with Gasteiger partial charge in [0.2, 0.25) is 5.91 Å². The molecule has 1 atom stereocenters. The summed E-state index contributed by atoms with van der Waals surface area (Å²) < 4.78 is 7.55. The number of imidazole rings is 1. The Morgan fingerprint density at radius 3 is 3.04 bits per heavy atom. The van der Waals surface area contributed by atoms with E-state index in [2.05, 4.69) is 20.4 Å². The second-order valence-electron chi connectivity index (χ2n) is 6.97. The molecule has 138 valence electrons. The van der Waals surface area contributed by atoms with Crippen molar-refractivity contribution in [3.63, 3.8) is 0 Å². The Labute approximate surface area is 150 Å². The van der Waals surface area contributed by atoms with Crippen molar-refractivity contribution in [2.45, 2.75) is 25.0 Å². The number of amides is 2. The van der Waals surface area contributed by atoms with Crippen LogP contribution in [0.15, 0.2) is 24.8 Å². The average Bonchev–Trinajstić information content (AvgIpc) is 3.31. The van der Waals surface area contributed by atoms with Crippen molar-refractivity contribution in [1.29, 1.82) is 0 Å². The van der Waals surface area contributed by atoms with Crippen LogP contribution >= 0.6 is 0 Å². The first-order valence-electron chi connectivity index (χ1n) is 8.71. The van der Waals surface area contributed by atoms with Gasteiger partial charge in [-0.05, 0) is 12.5 Å². The minimum atomic E-state index is -0.526. The van der Waals surface area contributed by atoms with E-state index in [4.69, 9.17) is 4.74 Å². The molecule has 2 aromatic heterocycles. The molecule has 4 heterocycles. The van der Waals surface area contributed by atoms with E-state index in [-0.39, 0.29) is 17.7 Å². The molecule has 0 saturated carbocycles. The first-order chi connectivity index (χ1) is 12.6. The van der Waals surface area contributed by atoms with Crippen LogP contribution in [-0.2, 0) is 22.5 Å². The van der Waals surface area contributed by atoms with Crippen molar-refractivity contribution in [2.24, 2.45) is 5.92 Å². The summed E-state index contributed by atoms with van der Waals surface area (Å²) in [6.07, 6.45) is 6.24. The number of fused-ring (bicyclic) bond motifs is 1. The van der Waals surface area contributed by atoms with Gasteiger partial charge in [0.05, 0.1) is 32.2 Å². The number of H-pyrrole nitrogens is 1. The van der Waals surface area contributed by atoms with Gasteiger partial charge in [0, 0.05) is 37.9 Å². The van der Waals surface area contributed by atoms with Gasteiger partial charge in [-0.15, -0.1) is 0 Å². The van der Waals surface area contributed by atoms with Crippen LogP contribution in [0.5, 0.6) is 0 Å². The molecular formula is C17H22N6O3. The van der Waals surface area contributed by atoms with Gasteiger partial charge in [0.1, 0.15) is 11.3 Å². The highest BCUT2D eigenvalue weighted by atomic mass is 16.5. The zero-order chi connectivity index (χ0) is 18.1. The van der Waals surface area contributed by atoms with E-state index in [9.17, 15) is 9.59 Å². The van der Waals surface area contributed by atoms with E-state index in [0.717, 1.165) is 18.7 Å². The van der Waals surface area contributed by atoms with Gasteiger partial charge in [-0.1, -0.05) is 0 Å². The number of nitrogens with zero attached hydrogens (tertiary/aromatic N) is 4. The lowest BCUT2D eigenvalue weighted by atomic mass is 9.91. The summed E-state index contributed by atoms with van der Waals surface area (Å²) in [7, 11) is 1.61.